The number of carbonyl (C=O) groups is 3. The summed E-state index contributed by atoms with van der Waals surface area (Å²) in [7, 11) is 0. The normalized spacial score (nSPS) is 15.6. The van der Waals surface area contributed by atoms with Gasteiger partial charge in [-0.25, -0.2) is 9.69 Å². The van der Waals surface area contributed by atoms with Crippen LogP contribution >= 0.6 is 31.9 Å². The Balaban J connectivity index is 1.76. The van der Waals surface area contributed by atoms with E-state index in [1.807, 2.05) is 41.1 Å². The van der Waals surface area contributed by atoms with Crippen molar-refractivity contribution in [2.24, 2.45) is 0 Å². The van der Waals surface area contributed by atoms with Gasteiger partial charge in [0.25, 0.3) is 11.8 Å². The number of nitrogens with one attached hydrogen (secondary N) is 1. The van der Waals surface area contributed by atoms with Crippen molar-refractivity contribution >= 4 is 61.5 Å². The number of aromatic nitrogens is 1. The molecule has 0 bridgehead atoms. The lowest BCUT2D eigenvalue weighted by molar-refractivity contribution is -0.122. The highest BCUT2D eigenvalue weighted by molar-refractivity contribution is 9.10. The molecule has 1 aliphatic heterocycles. The van der Waals surface area contributed by atoms with Gasteiger partial charge in [0.2, 0.25) is 0 Å². The van der Waals surface area contributed by atoms with E-state index in [2.05, 4.69) is 37.2 Å². The van der Waals surface area contributed by atoms with Crippen molar-refractivity contribution in [1.29, 1.82) is 0 Å². The van der Waals surface area contributed by atoms with E-state index >= 15 is 0 Å². The molecule has 0 atom stereocenters. The molecule has 4 amide bonds. The largest absolute Gasteiger partial charge is 0.335 e. The molecule has 2 heterocycles. The number of nitrogens with zero attached hydrogens (tertiary/aromatic N) is 2. The molecule has 1 fully saturated rings. The minimum absolute atomic E-state index is 0.117. The predicted octanol–water partition coefficient (Wildman–Crippen LogP) is 4.98. The Morgan fingerprint density at radius 2 is 1.63 bits per heavy atom. The molecule has 0 radical (unpaired) electrons. The van der Waals surface area contributed by atoms with Gasteiger partial charge in [0.15, 0.2) is 0 Å². The smallest absolute Gasteiger partial charge is 0.317 e. The van der Waals surface area contributed by atoms with Crippen molar-refractivity contribution in [2.45, 2.75) is 6.92 Å². The number of amides is 4. The zero-order valence-corrected chi connectivity index (χ0v) is 18.9. The van der Waals surface area contributed by atoms with Crippen LogP contribution in [0.15, 0.2) is 75.3 Å². The van der Waals surface area contributed by atoms with E-state index < -0.39 is 17.8 Å². The lowest BCUT2D eigenvalue weighted by atomic mass is 10.1. The monoisotopic (exact) mass is 527 g/mol. The fraction of sp³-hybridized carbons (Fsp3) is 0.0455. The number of carbonyl (C=O) groups excluding carboxylic acids is 3. The van der Waals surface area contributed by atoms with Crippen LogP contribution in [0.4, 0.5) is 10.5 Å². The lowest BCUT2D eigenvalue weighted by Gasteiger charge is -2.27. The van der Waals surface area contributed by atoms with E-state index in [1.165, 1.54) is 6.08 Å². The Bertz CT molecular complexity index is 1210. The molecule has 2 aromatic carbocycles. The molecule has 4 rings (SSSR count). The zero-order valence-electron chi connectivity index (χ0n) is 15.7. The van der Waals surface area contributed by atoms with Gasteiger partial charge in [0.1, 0.15) is 5.57 Å². The SMILES string of the molecule is Cc1cc(Br)ccc1N1C(=O)NC(=O)/C(=C\c2cccn2-c2ccc(Br)cc2)C1=O. The third-order valence-corrected chi connectivity index (χ3v) is 5.70. The predicted molar refractivity (Wildman–Crippen MR) is 121 cm³/mol. The summed E-state index contributed by atoms with van der Waals surface area (Å²) in [6.07, 6.45) is 3.33. The maximum Gasteiger partial charge on any atom is 0.335 e. The van der Waals surface area contributed by atoms with Gasteiger partial charge >= 0.3 is 6.03 Å². The number of benzene rings is 2. The highest BCUT2D eigenvalue weighted by Gasteiger charge is 2.37. The summed E-state index contributed by atoms with van der Waals surface area (Å²) in [6, 6.07) is 15.7. The molecule has 0 saturated carbocycles. The number of halogens is 2. The first-order chi connectivity index (χ1) is 14.3. The van der Waals surface area contributed by atoms with Gasteiger partial charge in [-0.2, -0.15) is 0 Å². The second-order valence-corrected chi connectivity index (χ2v) is 8.50. The van der Waals surface area contributed by atoms with Gasteiger partial charge in [-0.05, 0) is 73.2 Å². The van der Waals surface area contributed by atoms with E-state index in [0.29, 0.717) is 11.4 Å². The van der Waals surface area contributed by atoms with Crippen LogP contribution in [0.2, 0.25) is 0 Å². The van der Waals surface area contributed by atoms with Crippen LogP contribution in [0.1, 0.15) is 11.3 Å². The molecule has 0 spiro atoms. The van der Waals surface area contributed by atoms with Crippen molar-refractivity contribution in [3.05, 3.63) is 86.6 Å². The lowest BCUT2D eigenvalue weighted by Crippen LogP contribution is -2.54. The summed E-state index contributed by atoms with van der Waals surface area (Å²) < 4.78 is 3.62. The van der Waals surface area contributed by atoms with Crippen molar-refractivity contribution < 1.29 is 14.4 Å². The molecule has 1 aromatic heterocycles. The summed E-state index contributed by atoms with van der Waals surface area (Å²) in [5, 5.41) is 2.26. The molecule has 6 nitrogen and oxygen atoms in total. The fourth-order valence-electron chi connectivity index (χ4n) is 3.24. The maximum atomic E-state index is 13.2. The molecule has 1 aliphatic rings. The molecule has 1 saturated heterocycles. The third-order valence-electron chi connectivity index (χ3n) is 4.68. The number of urea groups is 1. The molecule has 30 heavy (non-hydrogen) atoms. The number of barbiturate groups is 1. The molecule has 8 heteroatoms. The maximum absolute atomic E-state index is 13.2. The summed E-state index contributed by atoms with van der Waals surface area (Å²) in [5.41, 5.74) is 2.53. The first-order valence-electron chi connectivity index (χ1n) is 8.96. The average Bonchev–Trinajstić information content (AvgIpc) is 3.15. The number of hydrogen-bond donors (Lipinski definition) is 1. The summed E-state index contributed by atoms with van der Waals surface area (Å²) in [4.78, 5) is 39.1. The molecule has 0 aliphatic carbocycles. The van der Waals surface area contributed by atoms with Gasteiger partial charge in [0, 0.05) is 26.5 Å². The number of aryl methyl sites for hydroxylation is 1. The van der Waals surface area contributed by atoms with Crippen LogP contribution < -0.4 is 10.2 Å². The number of hydrogen-bond acceptors (Lipinski definition) is 3. The summed E-state index contributed by atoms with van der Waals surface area (Å²) in [6.45, 7) is 1.79. The summed E-state index contributed by atoms with van der Waals surface area (Å²) in [5.74, 6) is -1.39. The van der Waals surface area contributed by atoms with Crippen LogP contribution in [0.5, 0.6) is 0 Å². The fourth-order valence-corrected chi connectivity index (χ4v) is 3.98. The molecule has 0 unspecified atom stereocenters. The highest BCUT2D eigenvalue weighted by atomic mass is 79.9. The molecule has 3 aromatic rings. The van der Waals surface area contributed by atoms with Crippen molar-refractivity contribution in [3.8, 4) is 5.69 Å². The Hall–Kier alpha value is -2.97. The first kappa shape index (κ1) is 20.3. The minimum Gasteiger partial charge on any atom is -0.317 e. The molecule has 150 valence electrons. The van der Waals surface area contributed by atoms with Crippen LogP contribution in [-0.2, 0) is 9.59 Å². The van der Waals surface area contributed by atoms with Crippen LogP contribution in [0.25, 0.3) is 11.8 Å². The van der Waals surface area contributed by atoms with E-state index in [9.17, 15) is 14.4 Å². The van der Waals surface area contributed by atoms with Crippen molar-refractivity contribution in [1.82, 2.24) is 9.88 Å². The average molecular weight is 529 g/mol. The minimum atomic E-state index is -0.768. The quantitative estimate of drug-likeness (QED) is 0.385. The highest BCUT2D eigenvalue weighted by Crippen LogP contribution is 2.28. The Morgan fingerprint density at radius 3 is 2.33 bits per heavy atom. The van der Waals surface area contributed by atoms with E-state index in [4.69, 9.17) is 0 Å². The Kier molecular flexibility index (Phi) is 5.44. The molecular formula is C22H15Br2N3O3. The number of anilines is 1. The van der Waals surface area contributed by atoms with Crippen LogP contribution in [0.3, 0.4) is 0 Å². The zero-order chi connectivity index (χ0) is 21.4. The molecule has 1 N–H and O–H groups in total. The van der Waals surface area contributed by atoms with E-state index in [0.717, 1.165) is 25.1 Å². The molecular weight excluding hydrogens is 514 g/mol. The van der Waals surface area contributed by atoms with Crippen LogP contribution in [-0.4, -0.2) is 22.4 Å². The van der Waals surface area contributed by atoms with Gasteiger partial charge in [0.05, 0.1) is 5.69 Å². The van der Waals surface area contributed by atoms with Crippen molar-refractivity contribution in [3.63, 3.8) is 0 Å². The van der Waals surface area contributed by atoms with Crippen molar-refractivity contribution in [2.75, 3.05) is 4.90 Å². The first-order valence-corrected chi connectivity index (χ1v) is 10.5. The number of imide groups is 2. The third kappa shape index (κ3) is 3.76. The van der Waals surface area contributed by atoms with E-state index in [-0.39, 0.29) is 5.57 Å². The topological polar surface area (TPSA) is 71.4 Å². The second-order valence-electron chi connectivity index (χ2n) is 6.67. The second kappa shape index (κ2) is 8.04. The summed E-state index contributed by atoms with van der Waals surface area (Å²) >= 11 is 6.78. The van der Waals surface area contributed by atoms with Gasteiger partial charge in [-0.15, -0.1) is 0 Å². The van der Waals surface area contributed by atoms with E-state index in [1.54, 1.807) is 31.2 Å². The Labute approximate surface area is 189 Å². The standard InChI is InChI=1S/C22H15Br2N3O3/c1-13-11-15(24)6-9-19(13)27-21(29)18(20(28)25-22(27)30)12-17-3-2-10-26(17)16-7-4-14(23)5-8-16/h2-12H,1H3,(H,25,28,30)/b18-12+. The van der Waals surface area contributed by atoms with Gasteiger partial charge < -0.3 is 4.57 Å². The number of rotatable bonds is 3. The van der Waals surface area contributed by atoms with Gasteiger partial charge in [-0.3, -0.25) is 14.9 Å². The Morgan fingerprint density at radius 1 is 0.933 bits per heavy atom. The van der Waals surface area contributed by atoms with Crippen LogP contribution in [0, 0.1) is 6.92 Å². The van der Waals surface area contributed by atoms with Gasteiger partial charge in [-0.1, -0.05) is 31.9 Å².